The van der Waals surface area contributed by atoms with Gasteiger partial charge in [-0.25, -0.2) is 4.79 Å². The maximum Gasteiger partial charge on any atom is 0.350 e. The molecule has 1 aliphatic heterocycles. The van der Waals surface area contributed by atoms with E-state index < -0.39 is 5.97 Å². The lowest BCUT2D eigenvalue weighted by Gasteiger charge is -2.31. The van der Waals surface area contributed by atoms with Gasteiger partial charge in [-0.1, -0.05) is 6.92 Å². The molecule has 1 aromatic rings. The first-order chi connectivity index (χ1) is 9.08. The Morgan fingerprint density at radius 2 is 2.21 bits per heavy atom. The Morgan fingerprint density at radius 3 is 2.79 bits per heavy atom. The van der Waals surface area contributed by atoms with Crippen molar-refractivity contribution in [2.24, 2.45) is 0 Å². The van der Waals surface area contributed by atoms with Crippen LogP contribution in [0, 0.1) is 0 Å². The fourth-order valence-corrected chi connectivity index (χ4v) is 4.23. The van der Waals surface area contributed by atoms with Gasteiger partial charge >= 0.3 is 5.97 Å². The van der Waals surface area contributed by atoms with Crippen LogP contribution in [0.3, 0.4) is 0 Å². The lowest BCUT2D eigenvalue weighted by atomic mass is 10.3. The number of ether oxygens (including phenoxy) is 2. The molecular formula is C12H18N2O3S2. The molecule has 1 atom stereocenters. The summed E-state index contributed by atoms with van der Waals surface area (Å²) in [4.78, 5) is 14.3. The number of esters is 1. The van der Waals surface area contributed by atoms with Gasteiger partial charge in [0.05, 0.1) is 14.2 Å². The molecular weight excluding hydrogens is 284 g/mol. The van der Waals surface area contributed by atoms with Crippen molar-refractivity contribution in [3.63, 3.8) is 0 Å². The lowest BCUT2D eigenvalue weighted by molar-refractivity contribution is 0.0607. The fourth-order valence-electron chi connectivity index (χ4n) is 2.07. The van der Waals surface area contributed by atoms with Gasteiger partial charge in [-0.2, -0.15) is 11.8 Å². The number of nitrogen functional groups attached to an aromatic ring is 1. The van der Waals surface area contributed by atoms with Crippen LogP contribution in [0.15, 0.2) is 0 Å². The molecule has 106 valence electrons. The van der Waals surface area contributed by atoms with Crippen molar-refractivity contribution in [1.82, 2.24) is 0 Å². The van der Waals surface area contributed by atoms with Gasteiger partial charge in [0.2, 0.25) is 0 Å². The Balaban J connectivity index is 2.36. The first-order valence-corrected chi connectivity index (χ1v) is 7.86. The highest BCUT2D eigenvalue weighted by atomic mass is 32.2. The van der Waals surface area contributed by atoms with Crippen LogP contribution in [-0.4, -0.2) is 44.3 Å². The van der Waals surface area contributed by atoms with Crippen LogP contribution in [0.4, 0.5) is 10.7 Å². The quantitative estimate of drug-likeness (QED) is 0.862. The Hall–Kier alpha value is -1.08. The topological polar surface area (TPSA) is 64.8 Å². The average molecular weight is 302 g/mol. The van der Waals surface area contributed by atoms with Crippen molar-refractivity contribution in [3.05, 3.63) is 4.88 Å². The molecule has 1 aromatic heterocycles. The number of rotatable bonds is 3. The second kappa shape index (κ2) is 5.92. The monoisotopic (exact) mass is 302 g/mol. The second-order valence-electron chi connectivity index (χ2n) is 4.30. The van der Waals surface area contributed by atoms with E-state index in [1.165, 1.54) is 18.4 Å². The smallest absolute Gasteiger partial charge is 0.350 e. The number of nitrogens with zero attached hydrogens (tertiary/aromatic N) is 1. The summed E-state index contributed by atoms with van der Waals surface area (Å²) in [6.07, 6.45) is 0. The number of hydrogen-bond acceptors (Lipinski definition) is 7. The van der Waals surface area contributed by atoms with Crippen molar-refractivity contribution in [2.45, 2.75) is 12.2 Å². The second-order valence-corrected chi connectivity index (χ2v) is 6.85. The van der Waals surface area contributed by atoms with E-state index in [1.54, 1.807) is 7.11 Å². The summed E-state index contributed by atoms with van der Waals surface area (Å²) in [7, 11) is 2.93. The maximum absolute atomic E-state index is 11.7. The summed E-state index contributed by atoms with van der Waals surface area (Å²) in [5.74, 6) is 1.24. The number of methoxy groups -OCH3 is 2. The first kappa shape index (κ1) is 14.3. The molecule has 0 aliphatic carbocycles. The molecule has 0 bridgehead atoms. The third-order valence-corrected chi connectivity index (χ3v) is 5.35. The summed E-state index contributed by atoms with van der Waals surface area (Å²) in [5, 5.41) is 1.48. The first-order valence-electron chi connectivity index (χ1n) is 5.99. The van der Waals surface area contributed by atoms with E-state index in [0.717, 1.165) is 23.8 Å². The standard InChI is InChI=1S/C12H18N2O3S2/c1-7-6-14(4-5-18-7)11-9(16-2)8(13)10(19-11)12(15)17-3/h7H,4-6,13H2,1-3H3. The van der Waals surface area contributed by atoms with Crippen molar-refractivity contribution in [1.29, 1.82) is 0 Å². The highest BCUT2D eigenvalue weighted by molar-refractivity contribution is 8.00. The van der Waals surface area contributed by atoms with Crippen molar-refractivity contribution < 1.29 is 14.3 Å². The highest BCUT2D eigenvalue weighted by Crippen LogP contribution is 2.45. The molecule has 1 fully saturated rings. The van der Waals surface area contributed by atoms with Gasteiger partial charge in [0.25, 0.3) is 0 Å². The zero-order chi connectivity index (χ0) is 14.0. The molecule has 1 saturated heterocycles. The van der Waals surface area contributed by atoms with Gasteiger partial charge < -0.3 is 20.1 Å². The van der Waals surface area contributed by atoms with Gasteiger partial charge in [0.1, 0.15) is 15.6 Å². The van der Waals surface area contributed by atoms with Crippen LogP contribution in [-0.2, 0) is 4.74 Å². The minimum atomic E-state index is -0.411. The van der Waals surface area contributed by atoms with Crippen molar-refractivity contribution in [3.8, 4) is 5.75 Å². The number of thiophene rings is 1. The molecule has 0 spiro atoms. The molecule has 0 saturated carbocycles. The van der Waals surface area contributed by atoms with Crippen molar-refractivity contribution >= 4 is 39.8 Å². The van der Waals surface area contributed by atoms with E-state index >= 15 is 0 Å². The molecule has 0 aromatic carbocycles. The van der Waals surface area contributed by atoms with Gasteiger partial charge in [-0.05, 0) is 0 Å². The number of thioether (sulfide) groups is 1. The van der Waals surface area contributed by atoms with Gasteiger partial charge in [-0.15, -0.1) is 11.3 Å². The molecule has 19 heavy (non-hydrogen) atoms. The third kappa shape index (κ3) is 2.76. The minimum Gasteiger partial charge on any atom is -0.492 e. The lowest BCUT2D eigenvalue weighted by Crippen LogP contribution is -2.36. The molecule has 0 amide bonds. The zero-order valence-corrected chi connectivity index (χ0v) is 12.9. The number of nitrogens with two attached hydrogens (primary N) is 1. The SMILES string of the molecule is COC(=O)c1sc(N2CCSC(C)C2)c(OC)c1N. The predicted octanol–water partition coefficient (Wildman–Crippen LogP) is 2.07. The highest BCUT2D eigenvalue weighted by Gasteiger charge is 2.28. The largest absolute Gasteiger partial charge is 0.492 e. The maximum atomic E-state index is 11.7. The summed E-state index contributed by atoms with van der Waals surface area (Å²) in [6.45, 7) is 4.06. The minimum absolute atomic E-state index is 0.375. The van der Waals surface area contributed by atoms with Crippen LogP contribution < -0.4 is 15.4 Å². The van der Waals surface area contributed by atoms with E-state index in [1.807, 2.05) is 11.8 Å². The molecule has 1 aliphatic rings. The van der Waals surface area contributed by atoms with E-state index in [2.05, 4.69) is 11.8 Å². The molecule has 2 N–H and O–H groups in total. The predicted molar refractivity (Wildman–Crippen MR) is 80.8 cm³/mol. The number of carbonyl (C=O) groups is 1. The van der Waals surface area contributed by atoms with Gasteiger partial charge in [0.15, 0.2) is 5.75 Å². The fraction of sp³-hybridized carbons (Fsp3) is 0.583. The Bertz CT molecular complexity index is 476. The van der Waals surface area contributed by atoms with Crippen LogP contribution in [0.2, 0.25) is 0 Å². The third-order valence-electron chi connectivity index (χ3n) is 2.99. The summed E-state index contributed by atoms with van der Waals surface area (Å²) in [5.41, 5.74) is 6.36. The van der Waals surface area contributed by atoms with Crippen LogP contribution >= 0.6 is 23.1 Å². The molecule has 5 nitrogen and oxygen atoms in total. The Labute approximate surface area is 121 Å². The Kier molecular flexibility index (Phi) is 4.46. The van der Waals surface area contributed by atoms with E-state index in [9.17, 15) is 4.79 Å². The molecule has 2 heterocycles. The van der Waals surface area contributed by atoms with Crippen LogP contribution in [0.1, 0.15) is 16.6 Å². The van der Waals surface area contributed by atoms with Gasteiger partial charge in [0, 0.05) is 24.1 Å². The number of carbonyl (C=O) groups excluding carboxylic acids is 1. The van der Waals surface area contributed by atoms with E-state index in [0.29, 0.717) is 21.6 Å². The van der Waals surface area contributed by atoms with E-state index in [4.69, 9.17) is 15.2 Å². The summed E-state index contributed by atoms with van der Waals surface area (Å²) in [6, 6.07) is 0. The molecule has 2 rings (SSSR count). The molecule has 0 radical (unpaired) electrons. The number of hydrogen-bond donors (Lipinski definition) is 1. The Morgan fingerprint density at radius 1 is 1.47 bits per heavy atom. The summed E-state index contributed by atoms with van der Waals surface area (Å²) < 4.78 is 10.1. The van der Waals surface area contributed by atoms with Gasteiger partial charge in [-0.3, -0.25) is 0 Å². The van der Waals surface area contributed by atoms with E-state index in [-0.39, 0.29) is 0 Å². The molecule has 7 heteroatoms. The van der Waals surface area contributed by atoms with Crippen LogP contribution in [0.5, 0.6) is 5.75 Å². The summed E-state index contributed by atoms with van der Waals surface area (Å²) >= 11 is 3.30. The zero-order valence-electron chi connectivity index (χ0n) is 11.3. The average Bonchev–Trinajstić information content (AvgIpc) is 2.75. The van der Waals surface area contributed by atoms with Crippen molar-refractivity contribution in [2.75, 3.05) is 43.7 Å². The van der Waals surface area contributed by atoms with Crippen LogP contribution in [0.25, 0.3) is 0 Å². The number of anilines is 2. The molecule has 1 unspecified atom stereocenters. The normalized spacial score (nSPS) is 19.3.